The van der Waals surface area contributed by atoms with E-state index in [1.54, 1.807) is 6.07 Å². The maximum absolute atomic E-state index is 13.2. The molecule has 254 valence electrons. The Kier molecular flexibility index (Phi) is 7.15. The topological polar surface area (TPSA) is 157 Å². The summed E-state index contributed by atoms with van der Waals surface area (Å²) in [6.45, 7) is 2.96. The lowest BCUT2D eigenvalue weighted by molar-refractivity contribution is -0.173. The van der Waals surface area contributed by atoms with Crippen LogP contribution in [0, 0.1) is 5.92 Å². The van der Waals surface area contributed by atoms with Gasteiger partial charge in [0.1, 0.15) is 6.61 Å². The number of alkyl carbamates (subject to hydrolysis) is 1. The molecule has 1 spiro atoms. The number of hydrogen-bond acceptors (Lipinski definition) is 8. The molecular weight excluding hydrogens is 620 g/mol. The summed E-state index contributed by atoms with van der Waals surface area (Å²) in [4.78, 5) is 23.6. The molecule has 2 aliphatic heterocycles. The number of aliphatic hydroxyl groups is 1. The summed E-state index contributed by atoms with van der Waals surface area (Å²) < 4.78 is 12.2. The minimum absolute atomic E-state index is 0.0530. The Morgan fingerprint density at radius 2 is 2.02 bits per heavy atom. The lowest BCUT2D eigenvalue weighted by Crippen LogP contribution is -2.74. The minimum atomic E-state index is -1.08. The van der Waals surface area contributed by atoms with Crippen LogP contribution in [0.15, 0.2) is 65.7 Å². The van der Waals surface area contributed by atoms with E-state index in [2.05, 4.69) is 25.5 Å². The van der Waals surface area contributed by atoms with Crippen LogP contribution in [0.1, 0.15) is 59.7 Å². The van der Waals surface area contributed by atoms with Crippen LogP contribution in [0.3, 0.4) is 0 Å². The van der Waals surface area contributed by atoms with Gasteiger partial charge < -0.3 is 35.7 Å². The van der Waals surface area contributed by atoms with Gasteiger partial charge >= 0.3 is 6.09 Å². The largest absolute Gasteiger partial charge is 0.504 e. The summed E-state index contributed by atoms with van der Waals surface area (Å²) in [7, 11) is 0. The Bertz CT molecular complexity index is 1970. The number of hydrogen-bond donors (Lipinski definition) is 6. The van der Waals surface area contributed by atoms with Crippen LogP contribution >= 0.6 is 0 Å². The van der Waals surface area contributed by atoms with E-state index in [0.29, 0.717) is 37.6 Å². The number of nitrogens with one attached hydrogen (secondary N) is 3. The molecule has 0 unspecified atom stereocenters. The van der Waals surface area contributed by atoms with Crippen molar-refractivity contribution in [2.75, 3.05) is 31.5 Å². The number of aromatic amines is 1. The Hall–Kier alpha value is -4.58. The molecule has 1 amide bonds. The highest BCUT2D eigenvalue weighted by Crippen LogP contribution is 2.69. The van der Waals surface area contributed by atoms with Gasteiger partial charge in [-0.3, -0.25) is 15.2 Å². The summed E-state index contributed by atoms with van der Waals surface area (Å²) >= 11 is 0. The molecule has 11 nitrogen and oxygen atoms in total. The molecule has 3 aromatic carbocycles. The summed E-state index contributed by atoms with van der Waals surface area (Å²) in [5.41, 5.74) is 10.7. The Labute approximate surface area is 284 Å². The van der Waals surface area contributed by atoms with E-state index in [-0.39, 0.29) is 24.4 Å². The van der Waals surface area contributed by atoms with Gasteiger partial charge in [0.15, 0.2) is 17.6 Å². The van der Waals surface area contributed by atoms with E-state index in [4.69, 9.17) is 15.2 Å². The van der Waals surface area contributed by atoms with E-state index in [9.17, 15) is 15.0 Å². The Balaban J connectivity index is 1.05. The van der Waals surface area contributed by atoms with Crippen molar-refractivity contribution in [3.8, 4) is 11.5 Å². The zero-order valence-electron chi connectivity index (χ0n) is 27.4. The summed E-state index contributed by atoms with van der Waals surface area (Å²) in [6, 6.07) is 19.2. The number of fused-ring (bicyclic) bond motifs is 4. The number of nitrogens with zero attached hydrogens (tertiary/aromatic N) is 2. The van der Waals surface area contributed by atoms with Crippen molar-refractivity contribution in [1.82, 2.24) is 15.2 Å². The van der Waals surface area contributed by atoms with Crippen molar-refractivity contribution in [1.29, 1.82) is 0 Å². The number of aromatic nitrogens is 1. The second-order valence-electron chi connectivity index (χ2n) is 14.4. The van der Waals surface area contributed by atoms with E-state index < -0.39 is 23.2 Å². The number of H-pyrrole nitrogens is 1. The molecule has 0 radical (unpaired) electrons. The summed E-state index contributed by atoms with van der Waals surface area (Å²) in [5.74, 6) is 1.62. The molecule has 7 N–H and O–H groups in total. The number of carbonyl (C=O) groups excluding carboxylic acids is 1. The van der Waals surface area contributed by atoms with E-state index in [1.807, 2.05) is 54.6 Å². The van der Waals surface area contributed by atoms with Gasteiger partial charge in [-0.2, -0.15) is 0 Å². The van der Waals surface area contributed by atoms with E-state index in [1.165, 1.54) is 18.4 Å². The van der Waals surface area contributed by atoms with Crippen LogP contribution in [0.5, 0.6) is 11.5 Å². The number of amides is 1. The maximum Gasteiger partial charge on any atom is 0.414 e. The number of phenolic OH excluding ortho intramolecular Hbond substituents is 1. The Morgan fingerprint density at radius 3 is 2.84 bits per heavy atom. The lowest BCUT2D eigenvalue weighted by atomic mass is 9.49. The van der Waals surface area contributed by atoms with Gasteiger partial charge in [0.25, 0.3) is 0 Å². The number of benzene rings is 3. The fraction of sp³-hybridized carbons (Fsp3) is 0.421. The minimum Gasteiger partial charge on any atom is -0.504 e. The van der Waals surface area contributed by atoms with Gasteiger partial charge in [0, 0.05) is 47.7 Å². The first-order valence-corrected chi connectivity index (χ1v) is 17.5. The van der Waals surface area contributed by atoms with Gasteiger partial charge in [-0.15, -0.1) is 0 Å². The fourth-order valence-electron chi connectivity index (χ4n) is 9.08. The van der Waals surface area contributed by atoms with Gasteiger partial charge in [-0.25, -0.2) is 4.79 Å². The first kappa shape index (κ1) is 30.5. The first-order chi connectivity index (χ1) is 23.9. The molecule has 3 aliphatic carbocycles. The molecule has 3 heterocycles. The van der Waals surface area contributed by atoms with Crippen molar-refractivity contribution in [3.63, 3.8) is 0 Å². The second-order valence-corrected chi connectivity index (χ2v) is 14.4. The highest BCUT2D eigenvalue weighted by atomic mass is 16.5. The summed E-state index contributed by atoms with van der Waals surface area (Å²) in [6.07, 6.45) is 4.06. The number of rotatable bonds is 8. The van der Waals surface area contributed by atoms with Crippen LogP contribution in [0.2, 0.25) is 0 Å². The third kappa shape index (κ3) is 4.81. The molecule has 4 aromatic rings. The number of ether oxygens (including phenoxy) is 2. The first-order valence-electron chi connectivity index (χ1n) is 17.5. The number of likely N-dealkylation sites (tertiary alicyclic amines) is 1. The van der Waals surface area contributed by atoms with E-state index in [0.717, 1.165) is 64.9 Å². The normalized spacial score (nSPS) is 26.5. The number of phenols is 1. The quantitative estimate of drug-likeness (QED) is 0.0907. The molecule has 49 heavy (non-hydrogen) atoms. The zero-order chi connectivity index (χ0) is 33.3. The average Bonchev–Trinajstić information content (AvgIpc) is 3.75. The van der Waals surface area contributed by atoms with Crippen molar-refractivity contribution in [2.45, 2.75) is 68.3 Å². The van der Waals surface area contributed by atoms with Crippen molar-refractivity contribution in [3.05, 3.63) is 88.6 Å². The number of carbonyl (C=O) groups is 1. The Morgan fingerprint density at radius 1 is 1.16 bits per heavy atom. The molecule has 2 fully saturated rings. The number of aromatic hydroxyl groups is 1. The molecule has 11 heteroatoms. The van der Waals surface area contributed by atoms with Crippen LogP contribution in [-0.4, -0.2) is 70.0 Å². The van der Waals surface area contributed by atoms with Gasteiger partial charge in [-0.05, 0) is 92.1 Å². The van der Waals surface area contributed by atoms with Crippen molar-refractivity contribution >= 4 is 28.6 Å². The molecule has 1 saturated carbocycles. The smallest absolute Gasteiger partial charge is 0.414 e. The molecule has 1 saturated heterocycles. The fourth-order valence-corrected chi connectivity index (χ4v) is 9.08. The molecule has 5 aliphatic rings. The van der Waals surface area contributed by atoms with Crippen LogP contribution in [-0.2, 0) is 29.6 Å². The average molecular weight is 663 g/mol. The molecule has 2 bridgehead atoms. The van der Waals surface area contributed by atoms with Crippen molar-refractivity contribution in [2.24, 2.45) is 16.6 Å². The number of anilines is 1. The number of aliphatic imine (C=N–C) groups is 1. The van der Waals surface area contributed by atoms with Crippen LogP contribution in [0.4, 0.5) is 10.5 Å². The van der Waals surface area contributed by atoms with Gasteiger partial charge in [0.2, 0.25) is 5.96 Å². The zero-order valence-corrected chi connectivity index (χ0v) is 27.4. The highest BCUT2D eigenvalue weighted by Gasteiger charge is 2.72. The lowest BCUT2D eigenvalue weighted by Gasteiger charge is -2.62. The second kappa shape index (κ2) is 11.5. The van der Waals surface area contributed by atoms with Crippen LogP contribution < -0.4 is 21.1 Å². The predicted molar refractivity (Wildman–Crippen MR) is 186 cm³/mol. The third-order valence-corrected chi connectivity index (χ3v) is 11.5. The van der Waals surface area contributed by atoms with Crippen LogP contribution in [0.25, 0.3) is 10.9 Å². The summed E-state index contributed by atoms with van der Waals surface area (Å²) in [5, 5.41) is 31.2. The molecule has 9 rings (SSSR count). The standard InChI is InChI=1S/C38H42N6O5/c39-14-4-15-40-35(43-36(46)48-21-23-5-2-1-3-6-23)41-25-10-11-28-26(18-25)27-19-38(47)30-17-24-9-12-29(45)33-31(24)37(38,34(49-33)32(27)42-28)13-16-44(30)20-22-7-8-22/h1-3,5-6,9-12,18,22,30,34,42,45,47H,4,7-8,13-17,19-21,39H2,(H2,40,41,43,46)/t30-,34+,37+,38-/m1/s1. The molecule has 1 aromatic heterocycles. The number of piperidine rings is 1. The molecule has 4 atom stereocenters. The highest BCUT2D eigenvalue weighted by molar-refractivity contribution is 6.03. The van der Waals surface area contributed by atoms with E-state index >= 15 is 0 Å². The van der Waals surface area contributed by atoms with Gasteiger partial charge in [0.05, 0.1) is 16.7 Å². The third-order valence-electron chi connectivity index (χ3n) is 11.5. The number of guanidine groups is 1. The maximum atomic E-state index is 13.2. The predicted octanol–water partition coefficient (Wildman–Crippen LogP) is 4.62. The molecular formula is C38H42N6O5. The number of nitrogens with two attached hydrogens (primary N) is 1. The van der Waals surface area contributed by atoms with Gasteiger partial charge in [-0.1, -0.05) is 36.4 Å². The monoisotopic (exact) mass is 662 g/mol. The van der Waals surface area contributed by atoms with Crippen molar-refractivity contribution < 1.29 is 24.5 Å². The SMILES string of the molecule is NCCCN=C(NC(=O)OCc1ccccc1)Nc1ccc2[nH]c3c(c2c1)C[C@@]1(O)[C@H]2Cc4ccc(O)c5c4[C@@]1(CCN2CC1CC1)[C@H]3O5.